The van der Waals surface area contributed by atoms with Crippen molar-refractivity contribution in [2.75, 3.05) is 0 Å². The summed E-state index contributed by atoms with van der Waals surface area (Å²) in [5.74, 6) is -2.25. The Morgan fingerprint density at radius 3 is 2.40 bits per heavy atom. The molecule has 0 amide bonds. The van der Waals surface area contributed by atoms with Crippen LogP contribution in [0.1, 0.15) is 23.5 Å². The van der Waals surface area contributed by atoms with E-state index in [0.29, 0.717) is 11.1 Å². The van der Waals surface area contributed by atoms with Gasteiger partial charge in [-0.3, -0.25) is 0 Å². The van der Waals surface area contributed by atoms with E-state index < -0.39 is 23.8 Å². The summed E-state index contributed by atoms with van der Waals surface area (Å²) in [4.78, 5) is 0. The lowest BCUT2D eigenvalue weighted by Gasteiger charge is -2.06. The topological polar surface area (TPSA) is 0 Å². The smallest absolute Gasteiger partial charge is 0.207 e. The fourth-order valence-corrected chi connectivity index (χ4v) is 1.76. The van der Waals surface area contributed by atoms with Crippen LogP contribution in [-0.2, 0) is 0 Å². The maximum atomic E-state index is 13.1. The number of aryl methyl sites for hydroxylation is 1. The van der Waals surface area contributed by atoms with Gasteiger partial charge in [0.15, 0.2) is 0 Å². The van der Waals surface area contributed by atoms with Gasteiger partial charge >= 0.3 is 6.18 Å². The van der Waals surface area contributed by atoms with Gasteiger partial charge in [0, 0.05) is 0 Å². The van der Waals surface area contributed by atoms with Crippen molar-refractivity contribution in [1.82, 2.24) is 0 Å². The van der Waals surface area contributed by atoms with Gasteiger partial charge in [-0.15, -0.1) is 0 Å². The third-order valence-electron chi connectivity index (χ3n) is 2.83. The van der Waals surface area contributed by atoms with E-state index in [2.05, 4.69) is 0 Å². The normalized spacial score (nSPS) is 25.4. The number of hydrogen-bond acceptors (Lipinski definition) is 0. The third-order valence-corrected chi connectivity index (χ3v) is 2.83. The molecule has 1 aromatic carbocycles. The molecular weight excluding hydrogens is 208 g/mol. The molecule has 0 bridgehead atoms. The van der Waals surface area contributed by atoms with Crippen LogP contribution in [0.2, 0.25) is 0 Å². The van der Waals surface area contributed by atoms with Crippen LogP contribution in [0.3, 0.4) is 0 Å². The first-order valence-corrected chi connectivity index (χ1v) is 4.72. The molecule has 0 spiro atoms. The molecule has 0 N–H and O–H groups in total. The largest absolute Gasteiger partial charge is 0.392 e. The van der Waals surface area contributed by atoms with Gasteiger partial charge in [-0.05, 0) is 36.5 Å². The van der Waals surface area contributed by atoms with Crippen molar-refractivity contribution in [3.8, 4) is 0 Å². The highest BCUT2D eigenvalue weighted by Gasteiger charge is 2.56. The lowest BCUT2D eigenvalue weighted by molar-refractivity contribution is -0.148. The van der Waals surface area contributed by atoms with E-state index in [0.717, 1.165) is 0 Å². The zero-order valence-corrected chi connectivity index (χ0v) is 8.11. The summed E-state index contributed by atoms with van der Waals surface area (Å²) in [5, 5.41) is 0. The van der Waals surface area contributed by atoms with E-state index in [9.17, 15) is 17.6 Å². The van der Waals surface area contributed by atoms with Crippen molar-refractivity contribution in [3.63, 3.8) is 0 Å². The van der Waals surface area contributed by atoms with Gasteiger partial charge in [-0.1, -0.05) is 12.1 Å². The fourth-order valence-electron chi connectivity index (χ4n) is 1.76. The highest BCUT2D eigenvalue weighted by atomic mass is 19.4. The zero-order valence-electron chi connectivity index (χ0n) is 8.11. The minimum absolute atomic E-state index is 0.0893. The molecule has 1 aromatic rings. The minimum Gasteiger partial charge on any atom is -0.207 e. The molecule has 1 aliphatic carbocycles. The van der Waals surface area contributed by atoms with Crippen LogP contribution in [-0.4, -0.2) is 6.18 Å². The van der Waals surface area contributed by atoms with Crippen molar-refractivity contribution in [1.29, 1.82) is 0 Å². The van der Waals surface area contributed by atoms with Crippen molar-refractivity contribution in [2.45, 2.75) is 25.4 Å². The average molecular weight is 218 g/mol. The van der Waals surface area contributed by atoms with Gasteiger partial charge in [0.05, 0.1) is 5.92 Å². The molecular formula is C11H10F4. The van der Waals surface area contributed by atoms with Gasteiger partial charge < -0.3 is 0 Å². The van der Waals surface area contributed by atoms with E-state index in [-0.39, 0.29) is 6.42 Å². The number of alkyl halides is 3. The Morgan fingerprint density at radius 1 is 1.27 bits per heavy atom. The molecule has 2 unspecified atom stereocenters. The first-order valence-electron chi connectivity index (χ1n) is 4.72. The van der Waals surface area contributed by atoms with E-state index in [1.807, 2.05) is 0 Å². The second kappa shape index (κ2) is 3.22. The molecule has 0 saturated heterocycles. The lowest BCUT2D eigenvalue weighted by atomic mass is 10.1. The Bertz CT molecular complexity index is 381. The molecule has 82 valence electrons. The molecule has 1 fully saturated rings. The van der Waals surface area contributed by atoms with Gasteiger partial charge in [0.1, 0.15) is 5.82 Å². The Kier molecular flexibility index (Phi) is 2.24. The Morgan fingerprint density at radius 2 is 1.93 bits per heavy atom. The Balaban J connectivity index is 2.17. The quantitative estimate of drug-likeness (QED) is 0.629. The predicted octanol–water partition coefficient (Wildman–Crippen LogP) is 3.80. The maximum Gasteiger partial charge on any atom is 0.392 e. The van der Waals surface area contributed by atoms with Gasteiger partial charge in [0.25, 0.3) is 0 Å². The van der Waals surface area contributed by atoms with Crippen LogP contribution >= 0.6 is 0 Å². The molecule has 0 nitrogen and oxygen atoms in total. The van der Waals surface area contributed by atoms with Crippen LogP contribution in [0.25, 0.3) is 0 Å². The number of halogens is 4. The van der Waals surface area contributed by atoms with Gasteiger partial charge in [-0.25, -0.2) is 4.39 Å². The molecule has 2 rings (SSSR count). The summed E-state index contributed by atoms with van der Waals surface area (Å²) >= 11 is 0. The van der Waals surface area contributed by atoms with E-state index in [1.165, 1.54) is 12.1 Å². The van der Waals surface area contributed by atoms with Crippen LogP contribution < -0.4 is 0 Å². The Hall–Kier alpha value is -1.06. The highest BCUT2D eigenvalue weighted by molar-refractivity contribution is 5.30. The van der Waals surface area contributed by atoms with Crippen LogP contribution in [0.4, 0.5) is 17.6 Å². The number of hydrogen-bond donors (Lipinski definition) is 0. The molecule has 0 aliphatic heterocycles. The average Bonchev–Trinajstić information content (AvgIpc) is 2.87. The molecule has 0 radical (unpaired) electrons. The van der Waals surface area contributed by atoms with E-state index in [1.54, 1.807) is 13.0 Å². The number of benzene rings is 1. The molecule has 1 aliphatic rings. The predicted molar refractivity (Wildman–Crippen MR) is 48.0 cm³/mol. The van der Waals surface area contributed by atoms with Gasteiger partial charge in [-0.2, -0.15) is 13.2 Å². The molecule has 0 aromatic heterocycles. The summed E-state index contributed by atoms with van der Waals surface area (Å²) in [6.45, 7) is 1.59. The van der Waals surface area contributed by atoms with Crippen molar-refractivity contribution < 1.29 is 17.6 Å². The third kappa shape index (κ3) is 1.98. The van der Waals surface area contributed by atoms with Crippen LogP contribution in [0.5, 0.6) is 0 Å². The zero-order chi connectivity index (χ0) is 11.2. The fraction of sp³-hybridized carbons (Fsp3) is 0.455. The SMILES string of the molecule is Cc1ccc(C2CC2C(F)(F)F)cc1F. The van der Waals surface area contributed by atoms with E-state index in [4.69, 9.17) is 0 Å². The summed E-state index contributed by atoms with van der Waals surface area (Å²) in [6.07, 6.45) is -4.06. The lowest BCUT2D eigenvalue weighted by Crippen LogP contribution is -2.11. The Labute approximate surface area is 84.9 Å². The van der Waals surface area contributed by atoms with Gasteiger partial charge in [0.2, 0.25) is 0 Å². The monoisotopic (exact) mass is 218 g/mol. The van der Waals surface area contributed by atoms with Crippen LogP contribution in [0, 0.1) is 18.7 Å². The number of rotatable bonds is 1. The first kappa shape index (κ1) is 10.5. The summed E-state index contributed by atoms with van der Waals surface area (Å²) in [6, 6.07) is 4.32. The molecule has 15 heavy (non-hydrogen) atoms. The maximum absolute atomic E-state index is 13.1. The molecule has 2 atom stereocenters. The summed E-state index contributed by atoms with van der Waals surface area (Å²) in [5.41, 5.74) is 0.920. The molecule has 0 heterocycles. The van der Waals surface area contributed by atoms with E-state index >= 15 is 0 Å². The van der Waals surface area contributed by atoms with Crippen molar-refractivity contribution in [3.05, 3.63) is 35.1 Å². The van der Waals surface area contributed by atoms with Crippen molar-refractivity contribution >= 4 is 0 Å². The standard InChI is InChI=1S/C11H10F4/c1-6-2-3-7(4-10(6)12)8-5-9(8)11(13,14)15/h2-4,8-9H,5H2,1H3. The van der Waals surface area contributed by atoms with Crippen LogP contribution in [0.15, 0.2) is 18.2 Å². The molecule has 1 saturated carbocycles. The van der Waals surface area contributed by atoms with Crippen molar-refractivity contribution in [2.24, 2.45) is 5.92 Å². The first-order chi connectivity index (χ1) is 6.89. The molecule has 4 heteroatoms. The second-order valence-electron chi connectivity index (χ2n) is 4.00. The minimum atomic E-state index is -4.15. The highest BCUT2D eigenvalue weighted by Crippen LogP contribution is 2.56. The summed E-state index contributed by atoms with van der Waals surface area (Å²) in [7, 11) is 0. The summed E-state index contributed by atoms with van der Waals surface area (Å²) < 4.78 is 49.9. The second-order valence-corrected chi connectivity index (χ2v) is 4.00.